The Balaban J connectivity index is 2.53. The standard InChI is InChI=1S/C18H31NO2/c1-12(2)7-9-17-14(5)11-16(15(6)21-17)19-18(20)10-8-13(3)4/h7-8,10,13-17H,9,11H2,1-6H3,(H,19,20)/b10-8-/t14-,15+,16+,17-/m0/s1. The van der Waals surface area contributed by atoms with Crippen LogP contribution in [0.1, 0.15) is 54.4 Å². The van der Waals surface area contributed by atoms with E-state index >= 15 is 0 Å². The second kappa shape index (κ2) is 8.38. The van der Waals surface area contributed by atoms with Crippen LogP contribution in [-0.4, -0.2) is 24.2 Å². The summed E-state index contributed by atoms with van der Waals surface area (Å²) in [5.74, 6) is 0.832. The molecule has 1 aliphatic heterocycles. The molecule has 1 heterocycles. The van der Waals surface area contributed by atoms with Gasteiger partial charge in [-0.2, -0.15) is 0 Å². The van der Waals surface area contributed by atoms with Gasteiger partial charge in [0.1, 0.15) is 0 Å². The van der Waals surface area contributed by atoms with Gasteiger partial charge in [-0.05, 0) is 51.5 Å². The van der Waals surface area contributed by atoms with E-state index in [4.69, 9.17) is 4.74 Å². The Labute approximate surface area is 129 Å². The number of ether oxygens (including phenoxy) is 1. The molecule has 120 valence electrons. The largest absolute Gasteiger partial charge is 0.373 e. The number of allylic oxidation sites excluding steroid dienone is 2. The van der Waals surface area contributed by atoms with Crippen molar-refractivity contribution in [1.29, 1.82) is 0 Å². The van der Waals surface area contributed by atoms with Crippen molar-refractivity contribution in [2.75, 3.05) is 0 Å². The first kappa shape index (κ1) is 18.0. The van der Waals surface area contributed by atoms with Crippen LogP contribution in [0.5, 0.6) is 0 Å². The smallest absolute Gasteiger partial charge is 0.243 e. The second-order valence-electron chi connectivity index (χ2n) is 6.83. The van der Waals surface area contributed by atoms with Gasteiger partial charge in [-0.1, -0.05) is 38.5 Å². The van der Waals surface area contributed by atoms with Crippen molar-refractivity contribution < 1.29 is 9.53 Å². The molecule has 3 heteroatoms. The number of nitrogens with one attached hydrogen (secondary N) is 1. The van der Waals surface area contributed by atoms with Crippen LogP contribution in [0.2, 0.25) is 0 Å². The molecule has 0 aromatic rings. The van der Waals surface area contributed by atoms with Crippen LogP contribution in [0.25, 0.3) is 0 Å². The normalized spacial score (nSPS) is 29.7. The van der Waals surface area contributed by atoms with Crippen molar-refractivity contribution in [1.82, 2.24) is 5.32 Å². The van der Waals surface area contributed by atoms with Crippen molar-refractivity contribution in [2.45, 2.75) is 72.6 Å². The summed E-state index contributed by atoms with van der Waals surface area (Å²) in [5, 5.41) is 3.07. The highest BCUT2D eigenvalue weighted by Gasteiger charge is 2.33. The Bertz CT molecular complexity index is 394. The molecule has 0 unspecified atom stereocenters. The van der Waals surface area contributed by atoms with Crippen molar-refractivity contribution in [2.24, 2.45) is 11.8 Å². The van der Waals surface area contributed by atoms with Gasteiger partial charge in [0.15, 0.2) is 0 Å². The number of rotatable bonds is 5. The molecule has 3 nitrogen and oxygen atoms in total. The molecule has 0 aliphatic carbocycles. The van der Waals surface area contributed by atoms with Gasteiger partial charge in [-0.15, -0.1) is 0 Å². The Morgan fingerprint density at radius 3 is 2.57 bits per heavy atom. The molecule has 1 fully saturated rings. The Morgan fingerprint density at radius 2 is 2.00 bits per heavy atom. The van der Waals surface area contributed by atoms with E-state index in [0.717, 1.165) is 12.8 Å². The van der Waals surface area contributed by atoms with E-state index in [0.29, 0.717) is 11.8 Å². The molecule has 0 saturated carbocycles. The summed E-state index contributed by atoms with van der Waals surface area (Å²) in [5.41, 5.74) is 1.33. The fourth-order valence-electron chi connectivity index (χ4n) is 2.58. The van der Waals surface area contributed by atoms with Crippen LogP contribution in [0.3, 0.4) is 0 Å². The zero-order valence-corrected chi connectivity index (χ0v) is 14.3. The fourth-order valence-corrected chi connectivity index (χ4v) is 2.58. The van der Waals surface area contributed by atoms with E-state index in [9.17, 15) is 4.79 Å². The predicted molar refractivity (Wildman–Crippen MR) is 88.1 cm³/mol. The molecule has 4 atom stereocenters. The summed E-state index contributed by atoms with van der Waals surface area (Å²) < 4.78 is 6.10. The first-order valence-electron chi connectivity index (χ1n) is 8.07. The third-order valence-electron chi connectivity index (χ3n) is 3.94. The van der Waals surface area contributed by atoms with Gasteiger partial charge < -0.3 is 10.1 Å². The summed E-state index contributed by atoms with van der Waals surface area (Å²) in [7, 11) is 0. The van der Waals surface area contributed by atoms with Crippen molar-refractivity contribution >= 4 is 5.91 Å². The summed E-state index contributed by atoms with van der Waals surface area (Å²) in [4.78, 5) is 11.9. The van der Waals surface area contributed by atoms with Crippen LogP contribution >= 0.6 is 0 Å². The van der Waals surface area contributed by atoms with Crippen LogP contribution < -0.4 is 5.32 Å². The third kappa shape index (κ3) is 6.47. The molecule has 0 aromatic carbocycles. The minimum atomic E-state index is -0.0147. The van der Waals surface area contributed by atoms with E-state index in [2.05, 4.69) is 52.9 Å². The number of carbonyl (C=O) groups excluding carboxylic acids is 1. The topological polar surface area (TPSA) is 38.3 Å². The molecule has 1 rings (SSSR count). The van der Waals surface area contributed by atoms with E-state index in [1.54, 1.807) is 6.08 Å². The molecule has 1 N–H and O–H groups in total. The lowest BCUT2D eigenvalue weighted by molar-refractivity contribution is -0.123. The van der Waals surface area contributed by atoms with Gasteiger partial charge in [-0.3, -0.25) is 4.79 Å². The van der Waals surface area contributed by atoms with E-state index < -0.39 is 0 Å². The van der Waals surface area contributed by atoms with Crippen molar-refractivity contribution in [3.05, 3.63) is 23.8 Å². The minimum absolute atomic E-state index is 0.0147. The quantitative estimate of drug-likeness (QED) is 0.617. The van der Waals surface area contributed by atoms with E-state index in [1.807, 2.05) is 6.08 Å². The first-order valence-corrected chi connectivity index (χ1v) is 8.07. The summed E-state index contributed by atoms with van der Waals surface area (Å²) in [6, 6.07) is 0.104. The molecule has 1 amide bonds. The maximum Gasteiger partial charge on any atom is 0.243 e. The number of carbonyl (C=O) groups is 1. The Hall–Kier alpha value is -1.09. The average Bonchev–Trinajstić information content (AvgIpc) is 2.38. The summed E-state index contributed by atoms with van der Waals surface area (Å²) in [6.45, 7) is 12.6. The minimum Gasteiger partial charge on any atom is -0.373 e. The maximum absolute atomic E-state index is 11.9. The summed E-state index contributed by atoms with van der Waals surface area (Å²) >= 11 is 0. The second-order valence-corrected chi connectivity index (χ2v) is 6.83. The lowest BCUT2D eigenvalue weighted by atomic mass is 9.88. The van der Waals surface area contributed by atoms with E-state index in [-0.39, 0.29) is 24.2 Å². The number of hydrogen-bond acceptors (Lipinski definition) is 2. The third-order valence-corrected chi connectivity index (χ3v) is 3.94. The van der Waals surface area contributed by atoms with Gasteiger partial charge in [-0.25, -0.2) is 0 Å². The van der Waals surface area contributed by atoms with Gasteiger partial charge in [0.25, 0.3) is 0 Å². The van der Waals surface area contributed by atoms with Crippen LogP contribution in [-0.2, 0) is 9.53 Å². The van der Waals surface area contributed by atoms with Gasteiger partial charge in [0.05, 0.1) is 18.2 Å². The zero-order valence-electron chi connectivity index (χ0n) is 14.3. The van der Waals surface area contributed by atoms with E-state index in [1.165, 1.54) is 5.57 Å². The van der Waals surface area contributed by atoms with Crippen LogP contribution in [0, 0.1) is 11.8 Å². The van der Waals surface area contributed by atoms with Crippen molar-refractivity contribution in [3.8, 4) is 0 Å². The predicted octanol–water partition coefficient (Wildman–Crippen LogP) is 3.85. The zero-order chi connectivity index (χ0) is 16.0. The molecule has 1 saturated heterocycles. The van der Waals surface area contributed by atoms with Gasteiger partial charge in [0, 0.05) is 0 Å². The number of hydrogen-bond donors (Lipinski definition) is 1. The maximum atomic E-state index is 11.9. The van der Waals surface area contributed by atoms with Crippen LogP contribution in [0.4, 0.5) is 0 Å². The summed E-state index contributed by atoms with van der Waals surface area (Å²) in [6.07, 6.45) is 8.05. The molecular weight excluding hydrogens is 262 g/mol. The van der Waals surface area contributed by atoms with Crippen LogP contribution in [0.15, 0.2) is 23.8 Å². The molecule has 1 aliphatic rings. The highest BCUT2D eigenvalue weighted by atomic mass is 16.5. The fraction of sp³-hybridized carbons (Fsp3) is 0.722. The lowest BCUT2D eigenvalue weighted by Crippen LogP contribution is -2.50. The first-order chi connectivity index (χ1) is 9.79. The van der Waals surface area contributed by atoms with Gasteiger partial charge in [0.2, 0.25) is 5.91 Å². The molecular formula is C18H31NO2. The van der Waals surface area contributed by atoms with Crippen molar-refractivity contribution in [3.63, 3.8) is 0 Å². The molecule has 0 radical (unpaired) electrons. The molecule has 0 aromatic heterocycles. The molecule has 0 bridgehead atoms. The number of amides is 1. The monoisotopic (exact) mass is 293 g/mol. The molecule has 0 spiro atoms. The average molecular weight is 293 g/mol. The highest BCUT2D eigenvalue weighted by Crippen LogP contribution is 2.27. The van der Waals surface area contributed by atoms with Gasteiger partial charge >= 0.3 is 0 Å². The molecule has 21 heavy (non-hydrogen) atoms. The SMILES string of the molecule is CC(C)=CC[C@@H]1O[C@H](C)[C@H](NC(=O)/C=C\C(C)C)C[C@@H]1C. The Kier molecular flexibility index (Phi) is 7.16. The highest BCUT2D eigenvalue weighted by molar-refractivity contribution is 5.87. The Morgan fingerprint density at radius 1 is 1.33 bits per heavy atom. The lowest BCUT2D eigenvalue weighted by Gasteiger charge is -2.39.